The van der Waals surface area contributed by atoms with Crippen molar-refractivity contribution in [2.24, 2.45) is 0 Å². The maximum absolute atomic E-state index is 6.11. The Bertz CT molecular complexity index is 569. The molecule has 1 atom stereocenters. The summed E-state index contributed by atoms with van der Waals surface area (Å²) in [5, 5.41) is 5.06. The van der Waals surface area contributed by atoms with E-state index in [-0.39, 0.29) is 0 Å². The molecule has 0 saturated heterocycles. The molecule has 0 amide bonds. The summed E-state index contributed by atoms with van der Waals surface area (Å²) in [5.41, 5.74) is 2.42. The second-order valence-electron chi connectivity index (χ2n) is 4.64. The van der Waals surface area contributed by atoms with Crippen LogP contribution in [0.25, 0.3) is 0 Å². The predicted octanol–water partition coefficient (Wildman–Crippen LogP) is 6.00. The molecule has 2 rings (SSSR count). The van der Waals surface area contributed by atoms with Crippen molar-refractivity contribution < 1.29 is 0 Å². The predicted molar refractivity (Wildman–Crippen MR) is 90.5 cm³/mol. The van der Waals surface area contributed by atoms with E-state index >= 15 is 0 Å². The summed E-state index contributed by atoms with van der Waals surface area (Å²) in [5.74, 6) is 0. The van der Waals surface area contributed by atoms with Crippen LogP contribution in [0.2, 0.25) is 10.0 Å². The number of halogens is 3. The molecule has 0 aliphatic heterocycles. The molecule has 0 fully saturated rings. The van der Waals surface area contributed by atoms with Gasteiger partial charge < -0.3 is 5.32 Å². The first-order chi connectivity index (χ1) is 9.60. The highest BCUT2D eigenvalue weighted by Crippen LogP contribution is 2.24. The first-order valence-corrected chi connectivity index (χ1v) is 8.08. The molecule has 0 bridgehead atoms. The smallest absolute Gasteiger partial charge is 0.0551 e. The van der Waals surface area contributed by atoms with Gasteiger partial charge in [0.15, 0.2) is 0 Å². The van der Waals surface area contributed by atoms with Gasteiger partial charge in [-0.25, -0.2) is 0 Å². The summed E-state index contributed by atoms with van der Waals surface area (Å²) in [4.78, 5) is 0. The molecule has 2 aromatic carbocycles. The highest BCUT2D eigenvalue weighted by Gasteiger charge is 2.09. The van der Waals surface area contributed by atoms with Gasteiger partial charge in [-0.05, 0) is 57.7 Å². The van der Waals surface area contributed by atoms with Crippen molar-refractivity contribution in [1.82, 2.24) is 5.32 Å². The number of hydrogen-bond acceptors (Lipinski definition) is 1. The van der Waals surface area contributed by atoms with Crippen LogP contribution in [0, 0.1) is 0 Å². The quantitative estimate of drug-likeness (QED) is 0.678. The van der Waals surface area contributed by atoms with E-state index in [0.717, 1.165) is 27.5 Å². The van der Waals surface area contributed by atoms with Crippen LogP contribution in [0.4, 0.5) is 0 Å². The van der Waals surface area contributed by atoms with E-state index in [9.17, 15) is 0 Å². The summed E-state index contributed by atoms with van der Waals surface area (Å²) in [6.07, 6.45) is 1.02. The summed E-state index contributed by atoms with van der Waals surface area (Å²) in [6, 6.07) is 14.3. The Morgan fingerprint density at radius 2 is 1.80 bits per heavy atom. The fourth-order valence-electron chi connectivity index (χ4n) is 2.08. The Labute approximate surface area is 138 Å². The van der Waals surface area contributed by atoms with Crippen LogP contribution in [-0.4, -0.2) is 0 Å². The van der Waals surface area contributed by atoms with Crippen molar-refractivity contribution in [3.63, 3.8) is 0 Å². The third-order valence-electron chi connectivity index (χ3n) is 3.22. The van der Waals surface area contributed by atoms with Crippen LogP contribution < -0.4 is 5.32 Å². The molecule has 1 N–H and O–H groups in total. The zero-order valence-corrected chi connectivity index (χ0v) is 14.3. The summed E-state index contributed by atoms with van der Waals surface area (Å²) in [7, 11) is 0. The maximum atomic E-state index is 6.11. The first-order valence-electron chi connectivity index (χ1n) is 6.53. The standard InChI is InChI=1S/C16H16BrCl2N/c1-2-16(12-4-6-13(18)7-5-12)20-10-11-3-8-14(17)15(19)9-11/h3-9,16,20H,2,10H2,1H3. The molecule has 1 nitrogen and oxygen atoms in total. The molecule has 2 aromatic rings. The molecule has 0 aliphatic rings. The largest absolute Gasteiger partial charge is 0.306 e. The monoisotopic (exact) mass is 371 g/mol. The normalized spacial score (nSPS) is 12.4. The fraction of sp³-hybridized carbons (Fsp3) is 0.250. The van der Waals surface area contributed by atoms with Gasteiger partial charge in [-0.15, -0.1) is 0 Å². The third-order valence-corrected chi connectivity index (χ3v) is 4.70. The molecule has 1 unspecified atom stereocenters. The molecule has 0 spiro atoms. The highest BCUT2D eigenvalue weighted by atomic mass is 79.9. The second-order valence-corrected chi connectivity index (χ2v) is 6.34. The number of nitrogens with one attached hydrogen (secondary N) is 1. The average molecular weight is 373 g/mol. The van der Waals surface area contributed by atoms with Crippen LogP contribution in [0.5, 0.6) is 0 Å². The zero-order valence-electron chi connectivity index (χ0n) is 11.2. The van der Waals surface area contributed by atoms with E-state index in [1.807, 2.05) is 24.3 Å². The molecule has 0 saturated carbocycles. The van der Waals surface area contributed by atoms with E-state index in [1.165, 1.54) is 11.1 Å². The Balaban J connectivity index is 2.03. The number of benzene rings is 2. The first kappa shape index (κ1) is 15.8. The van der Waals surface area contributed by atoms with Crippen LogP contribution in [0.3, 0.4) is 0 Å². The van der Waals surface area contributed by atoms with Crippen molar-refractivity contribution in [3.05, 3.63) is 68.1 Å². The lowest BCUT2D eigenvalue weighted by molar-refractivity contribution is 0.519. The SMILES string of the molecule is CCC(NCc1ccc(Br)c(Cl)c1)c1ccc(Cl)cc1. The van der Waals surface area contributed by atoms with E-state index in [4.69, 9.17) is 23.2 Å². The van der Waals surface area contributed by atoms with Crippen LogP contribution in [0.1, 0.15) is 30.5 Å². The molecule has 0 radical (unpaired) electrons. The van der Waals surface area contributed by atoms with Crippen LogP contribution in [-0.2, 0) is 6.54 Å². The van der Waals surface area contributed by atoms with Gasteiger partial charge in [-0.3, -0.25) is 0 Å². The third kappa shape index (κ3) is 4.23. The van der Waals surface area contributed by atoms with Gasteiger partial charge in [0.25, 0.3) is 0 Å². The van der Waals surface area contributed by atoms with E-state index in [2.05, 4.69) is 46.4 Å². The van der Waals surface area contributed by atoms with Gasteiger partial charge in [-0.1, -0.05) is 48.3 Å². The molecule has 0 aliphatic carbocycles. The lowest BCUT2D eigenvalue weighted by Gasteiger charge is -2.18. The Hall–Kier alpha value is -0.540. The van der Waals surface area contributed by atoms with Crippen LogP contribution >= 0.6 is 39.1 Å². The minimum absolute atomic E-state index is 0.315. The van der Waals surface area contributed by atoms with Gasteiger partial charge in [0, 0.05) is 22.1 Å². The Morgan fingerprint density at radius 3 is 2.40 bits per heavy atom. The maximum Gasteiger partial charge on any atom is 0.0551 e. The topological polar surface area (TPSA) is 12.0 Å². The molecule has 106 valence electrons. The van der Waals surface area contributed by atoms with E-state index in [0.29, 0.717) is 6.04 Å². The summed E-state index contributed by atoms with van der Waals surface area (Å²) >= 11 is 15.4. The van der Waals surface area contributed by atoms with Crippen molar-refractivity contribution in [2.45, 2.75) is 25.9 Å². The lowest BCUT2D eigenvalue weighted by atomic mass is 10.0. The van der Waals surface area contributed by atoms with E-state index in [1.54, 1.807) is 0 Å². The molecule has 4 heteroatoms. The second kappa shape index (κ2) is 7.46. The van der Waals surface area contributed by atoms with Crippen molar-refractivity contribution >= 4 is 39.1 Å². The van der Waals surface area contributed by atoms with Crippen molar-refractivity contribution in [2.75, 3.05) is 0 Å². The minimum Gasteiger partial charge on any atom is -0.306 e. The Morgan fingerprint density at radius 1 is 1.10 bits per heavy atom. The Kier molecular flexibility index (Phi) is 5.91. The van der Waals surface area contributed by atoms with Crippen LogP contribution in [0.15, 0.2) is 46.9 Å². The average Bonchev–Trinajstić information content (AvgIpc) is 2.45. The fourth-order valence-corrected chi connectivity index (χ4v) is 2.66. The van der Waals surface area contributed by atoms with E-state index < -0.39 is 0 Å². The van der Waals surface area contributed by atoms with Gasteiger partial charge >= 0.3 is 0 Å². The van der Waals surface area contributed by atoms with Gasteiger partial charge in [0.1, 0.15) is 0 Å². The van der Waals surface area contributed by atoms with Crippen molar-refractivity contribution in [1.29, 1.82) is 0 Å². The van der Waals surface area contributed by atoms with Gasteiger partial charge in [0.05, 0.1) is 5.02 Å². The summed E-state index contributed by atoms with van der Waals surface area (Å²) in [6.45, 7) is 2.95. The number of hydrogen-bond donors (Lipinski definition) is 1. The molecule has 0 heterocycles. The molecular weight excluding hydrogens is 357 g/mol. The van der Waals surface area contributed by atoms with Gasteiger partial charge in [0.2, 0.25) is 0 Å². The highest BCUT2D eigenvalue weighted by molar-refractivity contribution is 9.10. The minimum atomic E-state index is 0.315. The summed E-state index contributed by atoms with van der Waals surface area (Å²) < 4.78 is 0.924. The number of rotatable bonds is 5. The van der Waals surface area contributed by atoms with Crippen molar-refractivity contribution in [3.8, 4) is 0 Å². The molecule has 20 heavy (non-hydrogen) atoms. The zero-order chi connectivity index (χ0) is 14.5. The molecular formula is C16H16BrCl2N. The molecule has 0 aromatic heterocycles. The van der Waals surface area contributed by atoms with Gasteiger partial charge in [-0.2, -0.15) is 0 Å². The lowest BCUT2D eigenvalue weighted by Crippen LogP contribution is -2.20.